The highest BCUT2D eigenvalue weighted by atomic mass is 32.2. The molecule has 0 bridgehead atoms. The fraction of sp³-hybridized carbons (Fsp3) is 0.267. The number of anilines is 1. The summed E-state index contributed by atoms with van der Waals surface area (Å²) in [5.74, 6) is 0.621. The van der Waals surface area contributed by atoms with Crippen LogP contribution >= 0.6 is 0 Å². The van der Waals surface area contributed by atoms with E-state index in [2.05, 4.69) is 25.5 Å². The van der Waals surface area contributed by atoms with E-state index in [0.29, 0.717) is 37.8 Å². The van der Waals surface area contributed by atoms with E-state index in [0.717, 1.165) is 0 Å². The van der Waals surface area contributed by atoms with Crippen molar-refractivity contribution in [1.29, 1.82) is 0 Å². The van der Waals surface area contributed by atoms with Gasteiger partial charge in [-0.2, -0.15) is 4.31 Å². The van der Waals surface area contributed by atoms with Gasteiger partial charge in [-0.25, -0.2) is 23.1 Å². The number of aromatic nitrogens is 6. The van der Waals surface area contributed by atoms with Crippen LogP contribution in [-0.2, 0) is 10.0 Å². The lowest BCUT2D eigenvalue weighted by molar-refractivity contribution is 0.382. The van der Waals surface area contributed by atoms with Crippen LogP contribution in [0.3, 0.4) is 0 Å². The molecule has 1 aromatic carbocycles. The van der Waals surface area contributed by atoms with Crippen molar-refractivity contribution in [3.05, 3.63) is 49.1 Å². The first-order valence-corrected chi connectivity index (χ1v) is 9.44. The summed E-state index contributed by atoms with van der Waals surface area (Å²) in [6, 6.07) is 8.25. The average Bonchev–Trinajstić information content (AvgIpc) is 3.24. The molecule has 0 radical (unpaired) electrons. The minimum atomic E-state index is -3.55. The third-order valence-electron chi connectivity index (χ3n) is 4.16. The van der Waals surface area contributed by atoms with Crippen molar-refractivity contribution in [2.24, 2.45) is 0 Å². The van der Waals surface area contributed by atoms with E-state index >= 15 is 0 Å². The summed E-state index contributed by atoms with van der Waals surface area (Å²) in [4.78, 5) is 10.6. The van der Waals surface area contributed by atoms with Gasteiger partial charge in [0, 0.05) is 38.6 Å². The van der Waals surface area contributed by atoms with Crippen LogP contribution in [-0.4, -0.2) is 69.1 Å². The van der Waals surface area contributed by atoms with Crippen molar-refractivity contribution in [1.82, 2.24) is 34.5 Å². The van der Waals surface area contributed by atoms with Crippen LogP contribution in [0.2, 0.25) is 0 Å². The molecule has 0 saturated carbocycles. The lowest BCUT2D eigenvalue weighted by Crippen LogP contribution is -2.49. The van der Waals surface area contributed by atoms with Gasteiger partial charge in [-0.05, 0) is 40.8 Å². The quantitative estimate of drug-likeness (QED) is 0.628. The van der Waals surface area contributed by atoms with Gasteiger partial charge >= 0.3 is 0 Å². The Kier molecular flexibility index (Phi) is 4.31. The van der Waals surface area contributed by atoms with E-state index in [1.165, 1.54) is 15.3 Å². The standard InChI is InChI=1S/C15H16N8O2S/c24-26(25,14-4-2-13(3-5-14)23-12-18-19-20-23)22-10-8-21(9-11-22)15-16-6-1-7-17-15/h1-7,12H,8-11H2. The highest BCUT2D eigenvalue weighted by molar-refractivity contribution is 7.89. The molecule has 0 spiro atoms. The van der Waals surface area contributed by atoms with Gasteiger partial charge in [-0.3, -0.25) is 0 Å². The number of hydrogen-bond donors (Lipinski definition) is 0. The molecule has 1 fully saturated rings. The Morgan fingerprint density at radius 3 is 2.23 bits per heavy atom. The Hall–Kier alpha value is -2.92. The smallest absolute Gasteiger partial charge is 0.243 e. The second-order valence-corrected chi connectivity index (χ2v) is 7.63. The van der Waals surface area contributed by atoms with Gasteiger partial charge in [0.2, 0.25) is 16.0 Å². The largest absolute Gasteiger partial charge is 0.338 e. The number of piperazine rings is 1. The molecule has 3 aromatic rings. The maximum absolute atomic E-state index is 12.9. The molecule has 2 aromatic heterocycles. The zero-order chi connectivity index (χ0) is 18.0. The maximum Gasteiger partial charge on any atom is 0.243 e. The molecular formula is C15H16N8O2S. The number of hydrogen-bond acceptors (Lipinski definition) is 8. The molecule has 0 N–H and O–H groups in total. The van der Waals surface area contributed by atoms with E-state index < -0.39 is 10.0 Å². The Labute approximate surface area is 150 Å². The Balaban J connectivity index is 1.47. The Bertz CT molecular complexity index is 953. The predicted octanol–water partition coefficient (Wildman–Crippen LogP) is -0.0368. The summed E-state index contributed by atoms with van der Waals surface area (Å²) < 4.78 is 28.7. The first kappa shape index (κ1) is 16.5. The summed E-state index contributed by atoms with van der Waals surface area (Å²) in [5.41, 5.74) is 0.694. The summed E-state index contributed by atoms with van der Waals surface area (Å²) in [7, 11) is -3.55. The normalized spacial score (nSPS) is 15.9. The molecule has 0 unspecified atom stereocenters. The predicted molar refractivity (Wildman–Crippen MR) is 92.2 cm³/mol. The van der Waals surface area contributed by atoms with Crippen molar-refractivity contribution in [2.45, 2.75) is 4.90 Å². The number of benzene rings is 1. The first-order chi connectivity index (χ1) is 12.6. The highest BCUT2D eigenvalue weighted by Gasteiger charge is 2.29. The second-order valence-electron chi connectivity index (χ2n) is 5.69. The number of rotatable bonds is 4. The fourth-order valence-corrected chi connectivity index (χ4v) is 4.20. The van der Waals surface area contributed by atoms with Crippen LogP contribution in [0.4, 0.5) is 5.95 Å². The monoisotopic (exact) mass is 372 g/mol. The molecule has 1 aliphatic rings. The summed E-state index contributed by atoms with van der Waals surface area (Å²) in [6.07, 6.45) is 4.81. The topological polar surface area (TPSA) is 110 Å². The van der Waals surface area contributed by atoms with Crippen molar-refractivity contribution < 1.29 is 8.42 Å². The zero-order valence-corrected chi connectivity index (χ0v) is 14.6. The zero-order valence-electron chi connectivity index (χ0n) is 13.7. The van der Waals surface area contributed by atoms with Gasteiger partial charge < -0.3 is 4.90 Å². The van der Waals surface area contributed by atoms with Crippen LogP contribution in [0.1, 0.15) is 0 Å². The highest BCUT2D eigenvalue weighted by Crippen LogP contribution is 2.20. The number of nitrogens with zero attached hydrogens (tertiary/aromatic N) is 8. The van der Waals surface area contributed by atoms with Crippen LogP contribution in [0.5, 0.6) is 0 Å². The van der Waals surface area contributed by atoms with Gasteiger partial charge in [0.05, 0.1) is 10.6 Å². The van der Waals surface area contributed by atoms with Gasteiger partial charge in [0.15, 0.2) is 0 Å². The molecule has 134 valence electrons. The molecule has 3 heterocycles. The summed E-state index contributed by atoms with van der Waals surface area (Å²) >= 11 is 0. The third kappa shape index (κ3) is 3.13. The molecule has 4 rings (SSSR count). The molecule has 11 heteroatoms. The molecular weight excluding hydrogens is 356 g/mol. The molecule has 0 amide bonds. The molecule has 0 atom stereocenters. The van der Waals surface area contributed by atoms with Crippen LogP contribution in [0.25, 0.3) is 5.69 Å². The van der Waals surface area contributed by atoms with Crippen molar-refractivity contribution >= 4 is 16.0 Å². The minimum Gasteiger partial charge on any atom is -0.338 e. The van der Waals surface area contributed by atoms with E-state index in [-0.39, 0.29) is 4.90 Å². The van der Waals surface area contributed by atoms with Crippen LogP contribution < -0.4 is 4.90 Å². The molecule has 26 heavy (non-hydrogen) atoms. The first-order valence-electron chi connectivity index (χ1n) is 8.00. The van der Waals surface area contributed by atoms with E-state index in [9.17, 15) is 8.42 Å². The lowest BCUT2D eigenvalue weighted by Gasteiger charge is -2.33. The SMILES string of the molecule is O=S(=O)(c1ccc(-n2cnnn2)cc1)N1CCN(c2ncccn2)CC1. The molecule has 1 aliphatic heterocycles. The molecule has 0 aliphatic carbocycles. The lowest BCUT2D eigenvalue weighted by atomic mass is 10.3. The number of sulfonamides is 1. The average molecular weight is 372 g/mol. The van der Waals surface area contributed by atoms with Gasteiger partial charge in [0.1, 0.15) is 6.33 Å². The Morgan fingerprint density at radius 1 is 0.923 bits per heavy atom. The van der Waals surface area contributed by atoms with Crippen molar-refractivity contribution in [2.75, 3.05) is 31.1 Å². The van der Waals surface area contributed by atoms with Gasteiger partial charge in [0.25, 0.3) is 0 Å². The summed E-state index contributed by atoms with van der Waals surface area (Å²) in [5, 5.41) is 10.9. The van der Waals surface area contributed by atoms with E-state index in [4.69, 9.17) is 0 Å². The Morgan fingerprint density at radius 2 is 1.62 bits per heavy atom. The molecule has 1 saturated heterocycles. The van der Waals surface area contributed by atoms with Crippen LogP contribution in [0.15, 0.2) is 53.9 Å². The minimum absolute atomic E-state index is 0.249. The van der Waals surface area contributed by atoms with Crippen molar-refractivity contribution in [3.8, 4) is 5.69 Å². The number of tetrazole rings is 1. The maximum atomic E-state index is 12.9. The fourth-order valence-electron chi connectivity index (χ4n) is 2.78. The van der Waals surface area contributed by atoms with Crippen LogP contribution in [0, 0.1) is 0 Å². The van der Waals surface area contributed by atoms with E-state index in [1.54, 1.807) is 42.7 Å². The second kappa shape index (κ2) is 6.77. The van der Waals surface area contributed by atoms with Gasteiger partial charge in [-0.1, -0.05) is 0 Å². The summed E-state index contributed by atoms with van der Waals surface area (Å²) in [6.45, 7) is 1.86. The van der Waals surface area contributed by atoms with E-state index in [1.807, 2.05) is 4.90 Å². The molecule has 10 nitrogen and oxygen atoms in total. The third-order valence-corrected chi connectivity index (χ3v) is 6.07. The van der Waals surface area contributed by atoms with Gasteiger partial charge in [-0.15, -0.1) is 5.10 Å². The van der Waals surface area contributed by atoms with Crippen molar-refractivity contribution in [3.63, 3.8) is 0 Å².